The lowest BCUT2D eigenvalue weighted by Gasteiger charge is -2.36. The monoisotopic (exact) mass is 430 g/mol. The first kappa shape index (κ1) is 21.6. The molecule has 3 heterocycles. The summed E-state index contributed by atoms with van der Waals surface area (Å²) in [6.07, 6.45) is 0.351. The molecule has 0 unspecified atom stereocenters. The molecule has 3 amide bonds. The van der Waals surface area contributed by atoms with Gasteiger partial charge in [-0.3, -0.25) is 19.3 Å². The van der Waals surface area contributed by atoms with Gasteiger partial charge in [0.1, 0.15) is 12.4 Å². The van der Waals surface area contributed by atoms with Gasteiger partial charge in [0.05, 0.1) is 32.0 Å². The van der Waals surface area contributed by atoms with Gasteiger partial charge in [-0.2, -0.15) is 0 Å². The van der Waals surface area contributed by atoms with E-state index in [4.69, 9.17) is 9.47 Å². The molecule has 2 fully saturated rings. The molecule has 31 heavy (non-hydrogen) atoms. The molecule has 2 saturated heterocycles. The number of amides is 3. The van der Waals surface area contributed by atoms with Crippen LogP contribution in [0, 0.1) is 0 Å². The van der Waals surface area contributed by atoms with Crippen LogP contribution in [0.4, 0.5) is 5.69 Å². The zero-order valence-electron chi connectivity index (χ0n) is 17.8. The van der Waals surface area contributed by atoms with E-state index in [9.17, 15) is 14.4 Å². The lowest BCUT2D eigenvalue weighted by Crippen LogP contribution is -2.53. The molecule has 9 heteroatoms. The third-order valence-electron chi connectivity index (χ3n) is 6.03. The summed E-state index contributed by atoms with van der Waals surface area (Å²) in [5, 5.41) is 0. The Kier molecular flexibility index (Phi) is 7.03. The van der Waals surface area contributed by atoms with Crippen LogP contribution in [0.15, 0.2) is 24.3 Å². The van der Waals surface area contributed by atoms with Crippen molar-refractivity contribution in [1.82, 2.24) is 14.7 Å². The number of carbonyl (C=O) groups is 3. The number of anilines is 1. The van der Waals surface area contributed by atoms with E-state index in [0.29, 0.717) is 64.8 Å². The van der Waals surface area contributed by atoms with E-state index >= 15 is 0 Å². The highest BCUT2D eigenvalue weighted by atomic mass is 16.5. The van der Waals surface area contributed by atoms with Gasteiger partial charge in [-0.15, -0.1) is 0 Å². The summed E-state index contributed by atoms with van der Waals surface area (Å²) >= 11 is 0. The number of para-hydroxylation sites is 2. The molecule has 0 spiro atoms. The first-order valence-electron chi connectivity index (χ1n) is 11.0. The normalized spacial score (nSPS) is 19.5. The number of carbonyl (C=O) groups excluding carboxylic acids is 3. The topological polar surface area (TPSA) is 82.6 Å². The molecular weight excluding hydrogens is 400 g/mol. The predicted octanol–water partition coefficient (Wildman–Crippen LogP) is 0.195. The van der Waals surface area contributed by atoms with Gasteiger partial charge in [-0.1, -0.05) is 12.1 Å². The maximum atomic E-state index is 12.7. The summed E-state index contributed by atoms with van der Waals surface area (Å²) < 4.78 is 10.9. The van der Waals surface area contributed by atoms with Gasteiger partial charge >= 0.3 is 0 Å². The molecule has 0 radical (unpaired) electrons. The highest BCUT2D eigenvalue weighted by molar-refractivity contribution is 5.97. The molecule has 9 nitrogen and oxygen atoms in total. The van der Waals surface area contributed by atoms with Gasteiger partial charge in [-0.25, -0.2) is 0 Å². The van der Waals surface area contributed by atoms with E-state index in [1.54, 1.807) is 9.80 Å². The number of nitrogens with zero attached hydrogens (tertiary/aromatic N) is 4. The van der Waals surface area contributed by atoms with Crippen LogP contribution in [-0.2, 0) is 19.1 Å². The molecule has 0 N–H and O–H groups in total. The molecule has 3 aliphatic rings. The number of hydrogen-bond donors (Lipinski definition) is 0. The van der Waals surface area contributed by atoms with Gasteiger partial charge in [0.25, 0.3) is 0 Å². The Morgan fingerprint density at radius 1 is 0.742 bits per heavy atom. The number of fused-ring (bicyclic) bond motifs is 1. The fraction of sp³-hybridized carbons (Fsp3) is 0.591. The van der Waals surface area contributed by atoms with Gasteiger partial charge in [0.15, 0.2) is 0 Å². The number of piperazine rings is 1. The highest BCUT2D eigenvalue weighted by Crippen LogP contribution is 2.31. The molecule has 0 aliphatic carbocycles. The third kappa shape index (κ3) is 5.34. The van der Waals surface area contributed by atoms with Crippen molar-refractivity contribution in [3.05, 3.63) is 24.3 Å². The van der Waals surface area contributed by atoms with Crippen molar-refractivity contribution in [1.29, 1.82) is 0 Å². The predicted molar refractivity (Wildman–Crippen MR) is 114 cm³/mol. The number of benzene rings is 1. The van der Waals surface area contributed by atoms with E-state index < -0.39 is 0 Å². The lowest BCUT2D eigenvalue weighted by molar-refractivity contribution is -0.141. The first-order valence-corrected chi connectivity index (χ1v) is 11.0. The van der Waals surface area contributed by atoms with Crippen LogP contribution in [0.3, 0.4) is 0 Å². The molecule has 4 rings (SSSR count). The second-order valence-electron chi connectivity index (χ2n) is 8.01. The largest absolute Gasteiger partial charge is 0.490 e. The molecule has 0 bridgehead atoms. The molecule has 1 aromatic rings. The van der Waals surface area contributed by atoms with Crippen molar-refractivity contribution >= 4 is 23.4 Å². The van der Waals surface area contributed by atoms with Crippen molar-refractivity contribution in [2.45, 2.75) is 12.8 Å². The Hall–Kier alpha value is -2.65. The molecule has 1 aromatic carbocycles. The third-order valence-corrected chi connectivity index (χ3v) is 6.03. The van der Waals surface area contributed by atoms with Crippen LogP contribution in [0.5, 0.6) is 5.75 Å². The average Bonchev–Trinajstić information content (AvgIpc) is 2.82. The zero-order chi connectivity index (χ0) is 21.6. The van der Waals surface area contributed by atoms with Crippen molar-refractivity contribution in [3.63, 3.8) is 0 Å². The number of hydrogen-bond acceptors (Lipinski definition) is 6. The number of rotatable bonds is 5. The fourth-order valence-corrected chi connectivity index (χ4v) is 4.19. The molecule has 0 atom stereocenters. The number of ether oxygens (including phenoxy) is 2. The standard InChI is InChI=1S/C22H30N4O5/c27-20(5-6-21(28)26-13-16-31-19-4-2-1-3-18(19)26)24-7-9-25(10-8-24)22(29)17-23-11-14-30-15-12-23/h1-4H,5-17H2. The first-order chi connectivity index (χ1) is 15.1. The Bertz CT molecular complexity index is 803. The van der Waals surface area contributed by atoms with Crippen LogP contribution < -0.4 is 9.64 Å². The van der Waals surface area contributed by atoms with Crippen molar-refractivity contribution < 1.29 is 23.9 Å². The van der Waals surface area contributed by atoms with E-state index in [1.807, 2.05) is 29.2 Å². The fourth-order valence-electron chi connectivity index (χ4n) is 4.19. The van der Waals surface area contributed by atoms with Crippen molar-refractivity contribution in [2.24, 2.45) is 0 Å². The summed E-state index contributed by atoms with van der Waals surface area (Å²) in [7, 11) is 0. The summed E-state index contributed by atoms with van der Waals surface area (Å²) in [4.78, 5) is 45.3. The van der Waals surface area contributed by atoms with Crippen LogP contribution in [0.1, 0.15) is 12.8 Å². The van der Waals surface area contributed by atoms with Crippen molar-refractivity contribution in [3.8, 4) is 5.75 Å². The molecular formula is C22H30N4O5. The second-order valence-corrected chi connectivity index (χ2v) is 8.01. The summed E-state index contributed by atoms with van der Waals surface area (Å²) in [6.45, 7) is 6.38. The molecule has 3 aliphatic heterocycles. The van der Waals surface area contributed by atoms with Crippen LogP contribution in [0.2, 0.25) is 0 Å². The SMILES string of the molecule is O=C(CCC(=O)N1CCOc2ccccc21)N1CCN(C(=O)CN2CCOCC2)CC1. The summed E-state index contributed by atoms with van der Waals surface area (Å²) in [6, 6.07) is 7.46. The second kappa shape index (κ2) is 10.1. The zero-order valence-corrected chi connectivity index (χ0v) is 17.8. The van der Waals surface area contributed by atoms with Gasteiger partial charge < -0.3 is 24.2 Å². The lowest BCUT2D eigenvalue weighted by atomic mass is 10.2. The summed E-state index contributed by atoms with van der Waals surface area (Å²) in [5.74, 6) is 0.708. The number of morpholine rings is 1. The van der Waals surface area contributed by atoms with Gasteiger partial charge in [-0.05, 0) is 12.1 Å². The Morgan fingerprint density at radius 2 is 1.39 bits per heavy atom. The highest BCUT2D eigenvalue weighted by Gasteiger charge is 2.27. The Balaban J connectivity index is 1.21. The van der Waals surface area contributed by atoms with Crippen LogP contribution in [0.25, 0.3) is 0 Å². The van der Waals surface area contributed by atoms with Crippen molar-refractivity contribution in [2.75, 3.05) is 77.1 Å². The van der Waals surface area contributed by atoms with E-state index in [0.717, 1.165) is 18.8 Å². The molecule has 0 saturated carbocycles. The molecule has 0 aromatic heterocycles. The van der Waals surface area contributed by atoms with Crippen LogP contribution in [-0.4, -0.2) is 105 Å². The van der Waals surface area contributed by atoms with Crippen LogP contribution >= 0.6 is 0 Å². The maximum absolute atomic E-state index is 12.7. The summed E-state index contributed by atoms with van der Waals surface area (Å²) in [5.41, 5.74) is 0.763. The minimum atomic E-state index is -0.0663. The molecule has 168 valence electrons. The van der Waals surface area contributed by atoms with E-state index in [1.165, 1.54) is 0 Å². The van der Waals surface area contributed by atoms with Gasteiger partial charge in [0.2, 0.25) is 17.7 Å². The minimum absolute atomic E-state index is 0.0322. The quantitative estimate of drug-likeness (QED) is 0.664. The Morgan fingerprint density at radius 3 is 2.13 bits per heavy atom. The average molecular weight is 431 g/mol. The Labute approximate surface area is 182 Å². The van der Waals surface area contributed by atoms with E-state index in [-0.39, 0.29) is 30.6 Å². The van der Waals surface area contributed by atoms with Gasteiger partial charge in [0, 0.05) is 52.1 Å². The van der Waals surface area contributed by atoms with E-state index in [2.05, 4.69) is 4.90 Å². The smallest absolute Gasteiger partial charge is 0.236 e. The maximum Gasteiger partial charge on any atom is 0.236 e. The minimum Gasteiger partial charge on any atom is -0.490 e.